The Kier molecular flexibility index (Phi) is 3.26. The third-order valence-electron chi connectivity index (χ3n) is 3.05. The maximum absolute atomic E-state index is 13.8. The van der Waals surface area contributed by atoms with Gasteiger partial charge < -0.3 is 0 Å². The van der Waals surface area contributed by atoms with E-state index >= 15 is 0 Å². The van der Waals surface area contributed by atoms with Gasteiger partial charge in [0.2, 0.25) is 0 Å². The standard InChI is InChI=1S/C14H10FN3O2S/c1-17-12(13-6-7-14(21-13)18(19)20)8-11(16-17)9-4-2-3-5-10(9)15/h2-8H,1H3. The van der Waals surface area contributed by atoms with E-state index in [2.05, 4.69) is 5.10 Å². The summed E-state index contributed by atoms with van der Waals surface area (Å²) in [6.07, 6.45) is 0. The van der Waals surface area contributed by atoms with Gasteiger partial charge in [0.1, 0.15) is 5.82 Å². The Morgan fingerprint density at radius 1 is 1.29 bits per heavy atom. The third kappa shape index (κ3) is 2.43. The van der Waals surface area contributed by atoms with Crippen LogP contribution in [0.5, 0.6) is 0 Å². The molecule has 106 valence electrons. The summed E-state index contributed by atoms with van der Waals surface area (Å²) in [6, 6.07) is 11.2. The van der Waals surface area contributed by atoms with Gasteiger partial charge in [-0.1, -0.05) is 23.5 Å². The molecule has 0 aliphatic rings. The van der Waals surface area contributed by atoms with Crippen molar-refractivity contribution in [3.8, 4) is 21.8 Å². The van der Waals surface area contributed by atoms with E-state index in [0.29, 0.717) is 17.0 Å². The highest BCUT2D eigenvalue weighted by molar-refractivity contribution is 7.18. The van der Waals surface area contributed by atoms with Crippen LogP contribution >= 0.6 is 11.3 Å². The van der Waals surface area contributed by atoms with Crippen LogP contribution in [-0.4, -0.2) is 14.7 Å². The highest BCUT2D eigenvalue weighted by atomic mass is 32.1. The van der Waals surface area contributed by atoms with E-state index < -0.39 is 4.92 Å². The van der Waals surface area contributed by atoms with Gasteiger partial charge in [0.25, 0.3) is 0 Å². The molecule has 0 radical (unpaired) electrons. The van der Waals surface area contributed by atoms with Gasteiger partial charge in [-0.2, -0.15) is 5.10 Å². The number of halogens is 1. The molecule has 0 aliphatic heterocycles. The van der Waals surface area contributed by atoms with E-state index in [-0.39, 0.29) is 10.8 Å². The first kappa shape index (κ1) is 13.4. The molecule has 0 aliphatic carbocycles. The first-order valence-corrected chi connectivity index (χ1v) is 6.91. The van der Waals surface area contributed by atoms with Crippen LogP contribution in [0.3, 0.4) is 0 Å². The van der Waals surface area contributed by atoms with Gasteiger partial charge in [-0.25, -0.2) is 4.39 Å². The number of nitro groups is 1. The second kappa shape index (κ2) is 5.10. The van der Waals surface area contributed by atoms with E-state index in [4.69, 9.17) is 0 Å². The topological polar surface area (TPSA) is 61.0 Å². The van der Waals surface area contributed by atoms with Gasteiger partial charge in [0, 0.05) is 18.7 Å². The van der Waals surface area contributed by atoms with Crippen molar-refractivity contribution in [2.24, 2.45) is 7.05 Å². The number of benzene rings is 1. The second-order valence-electron chi connectivity index (χ2n) is 4.41. The number of nitrogens with zero attached hydrogens (tertiary/aromatic N) is 3. The Bertz CT molecular complexity index is 825. The number of hydrogen-bond donors (Lipinski definition) is 0. The minimum Gasteiger partial charge on any atom is -0.266 e. The molecule has 3 aromatic rings. The molecule has 0 saturated heterocycles. The molecule has 2 aromatic heterocycles. The largest absolute Gasteiger partial charge is 0.324 e. The van der Waals surface area contributed by atoms with E-state index in [1.54, 1.807) is 42.1 Å². The van der Waals surface area contributed by atoms with Crippen molar-refractivity contribution in [1.82, 2.24) is 9.78 Å². The quantitative estimate of drug-likeness (QED) is 0.545. The summed E-state index contributed by atoms with van der Waals surface area (Å²) >= 11 is 1.07. The van der Waals surface area contributed by atoms with Crippen LogP contribution in [0.15, 0.2) is 42.5 Å². The van der Waals surface area contributed by atoms with E-state index in [9.17, 15) is 14.5 Å². The van der Waals surface area contributed by atoms with Crippen LogP contribution in [0.2, 0.25) is 0 Å². The molecule has 0 amide bonds. The lowest BCUT2D eigenvalue weighted by molar-refractivity contribution is -0.380. The average molecular weight is 303 g/mol. The maximum Gasteiger partial charge on any atom is 0.324 e. The van der Waals surface area contributed by atoms with Gasteiger partial charge in [-0.3, -0.25) is 14.8 Å². The van der Waals surface area contributed by atoms with Gasteiger partial charge >= 0.3 is 5.00 Å². The summed E-state index contributed by atoms with van der Waals surface area (Å²) in [6.45, 7) is 0. The Morgan fingerprint density at radius 3 is 2.71 bits per heavy atom. The summed E-state index contributed by atoms with van der Waals surface area (Å²) < 4.78 is 15.4. The van der Waals surface area contributed by atoms with Crippen molar-refractivity contribution >= 4 is 16.3 Å². The fraction of sp³-hybridized carbons (Fsp3) is 0.0714. The molecule has 0 bridgehead atoms. The Labute approximate surface area is 123 Å². The molecule has 2 heterocycles. The Morgan fingerprint density at radius 2 is 2.05 bits per heavy atom. The van der Waals surface area contributed by atoms with Crippen molar-refractivity contribution in [1.29, 1.82) is 0 Å². The molecule has 0 N–H and O–H groups in total. The predicted octanol–water partition coefficient (Wildman–Crippen LogP) is 3.86. The molecule has 21 heavy (non-hydrogen) atoms. The fourth-order valence-corrected chi connectivity index (χ4v) is 2.93. The second-order valence-corrected chi connectivity index (χ2v) is 5.48. The summed E-state index contributed by atoms with van der Waals surface area (Å²) in [5.41, 5.74) is 1.62. The fourth-order valence-electron chi connectivity index (χ4n) is 2.06. The third-order valence-corrected chi connectivity index (χ3v) is 4.11. The normalized spacial score (nSPS) is 10.8. The van der Waals surface area contributed by atoms with Crippen molar-refractivity contribution < 1.29 is 9.31 Å². The van der Waals surface area contributed by atoms with Crippen LogP contribution in [0.4, 0.5) is 9.39 Å². The summed E-state index contributed by atoms with van der Waals surface area (Å²) in [7, 11) is 1.73. The molecule has 0 spiro atoms. The Hall–Kier alpha value is -2.54. The van der Waals surface area contributed by atoms with Crippen LogP contribution < -0.4 is 0 Å². The van der Waals surface area contributed by atoms with Crippen LogP contribution in [0.1, 0.15) is 0 Å². The van der Waals surface area contributed by atoms with E-state index in [1.165, 1.54) is 12.1 Å². The van der Waals surface area contributed by atoms with Crippen LogP contribution in [0.25, 0.3) is 21.8 Å². The van der Waals surface area contributed by atoms with Crippen molar-refractivity contribution in [3.05, 3.63) is 58.4 Å². The molecule has 1 aromatic carbocycles. The SMILES string of the molecule is Cn1nc(-c2ccccc2F)cc1-c1ccc([N+](=O)[O-])s1. The van der Waals surface area contributed by atoms with Gasteiger partial charge in [0.05, 0.1) is 21.2 Å². The number of aromatic nitrogens is 2. The monoisotopic (exact) mass is 303 g/mol. The number of hydrogen-bond acceptors (Lipinski definition) is 4. The van der Waals surface area contributed by atoms with Gasteiger partial charge in [-0.05, 0) is 24.3 Å². The van der Waals surface area contributed by atoms with Crippen molar-refractivity contribution in [2.45, 2.75) is 0 Å². The molecule has 7 heteroatoms. The van der Waals surface area contributed by atoms with Crippen LogP contribution in [0, 0.1) is 15.9 Å². The lowest BCUT2D eigenvalue weighted by atomic mass is 10.1. The first-order valence-electron chi connectivity index (χ1n) is 6.10. The number of thiophene rings is 1. The highest BCUT2D eigenvalue weighted by Crippen LogP contribution is 2.34. The van der Waals surface area contributed by atoms with Gasteiger partial charge in [0.15, 0.2) is 0 Å². The molecular formula is C14H10FN3O2S. The maximum atomic E-state index is 13.8. The lowest BCUT2D eigenvalue weighted by Crippen LogP contribution is -1.93. The number of aryl methyl sites for hydroxylation is 1. The van der Waals surface area contributed by atoms with Crippen LogP contribution in [-0.2, 0) is 7.05 Å². The number of rotatable bonds is 3. The predicted molar refractivity (Wildman–Crippen MR) is 78.6 cm³/mol. The Balaban J connectivity index is 2.05. The highest BCUT2D eigenvalue weighted by Gasteiger charge is 2.16. The zero-order chi connectivity index (χ0) is 15.0. The molecule has 0 unspecified atom stereocenters. The summed E-state index contributed by atoms with van der Waals surface area (Å²) in [4.78, 5) is 11.0. The average Bonchev–Trinajstić information content (AvgIpc) is 3.05. The molecule has 5 nitrogen and oxygen atoms in total. The van der Waals surface area contributed by atoms with Crippen molar-refractivity contribution in [2.75, 3.05) is 0 Å². The summed E-state index contributed by atoms with van der Waals surface area (Å²) in [5, 5.41) is 15.1. The molecule has 3 rings (SSSR count). The van der Waals surface area contributed by atoms with Gasteiger partial charge in [-0.15, -0.1) is 0 Å². The lowest BCUT2D eigenvalue weighted by Gasteiger charge is -1.97. The van der Waals surface area contributed by atoms with E-state index in [1.807, 2.05) is 0 Å². The molecule has 0 saturated carbocycles. The summed E-state index contributed by atoms with van der Waals surface area (Å²) in [5.74, 6) is -0.348. The minimum atomic E-state index is -0.428. The smallest absolute Gasteiger partial charge is 0.266 e. The minimum absolute atomic E-state index is 0.0682. The molecule has 0 fully saturated rings. The zero-order valence-electron chi connectivity index (χ0n) is 11.0. The molecular weight excluding hydrogens is 293 g/mol. The first-order chi connectivity index (χ1) is 10.1. The van der Waals surface area contributed by atoms with Crippen molar-refractivity contribution in [3.63, 3.8) is 0 Å². The van der Waals surface area contributed by atoms with E-state index in [0.717, 1.165) is 16.2 Å². The zero-order valence-corrected chi connectivity index (χ0v) is 11.8. The molecule has 0 atom stereocenters.